The number of anilines is 1. The van der Waals surface area contributed by atoms with Gasteiger partial charge in [-0.2, -0.15) is 5.10 Å². The molecule has 0 saturated heterocycles. The van der Waals surface area contributed by atoms with E-state index in [9.17, 15) is 4.79 Å². The van der Waals surface area contributed by atoms with Crippen LogP contribution < -0.4 is 10.1 Å². The van der Waals surface area contributed by atoms with Crippen molar-refractivity contribution in [3.05, 3.63) is 75.4 Å². The van der Waals surface area contributed by atoms with E-state index in [-0.39, 0.29) is 5.91 Å². The van der Waals surface area contributed by atoms with Gasteiger partial charge in [-0.25, -0.2) is 4.68 Å². The minimum absolute atomic E-state index is 0.308. The number of amides is 1. The fourth-order valence-corrected chi connectivity index (χ4v) is 2.81. The Morgan fingerprint density at radius 2 is 2.00 bits per heavy atom. The maximum Gasteiger partial charge on any atom is 0.260 e. The Hall–Kier alpha value is -2.31. The van der Waals surface area contributed by atoms with E-state index in [4.69, 9.17) is 16.3 Å². The van der Waals surface area contributed by atoms with Gasteiger partial charge >= 0.3 is 0 Å². The third kappa shape index (κ3) is 4.21. The molecule has 1 aromatic heterocycles. The van der Waals surface area contributed by atoms with Crippen LogP contribution in [0.5, 0.6) is 5.75 Å². The zero-order valence-corrected chi connectivity index (χ0v) is 15.7. The summed E-state index contributed by atoms with van der Waals surface area (Å²) in [6.45, 7) is 0.544. The van der Waals surface area contributed by atoms with Gasteiger partial charge in [-0.3, -0.25) is 4.79 Å². The second kappa shape index (κ2) is 7.72. The molecular formula is C18H15BrClN3O2. The number of aromatic nitrogens is 2. The summed E-state index contributed by atoms with van der Waals surface area (Å²) < 4.78 is 7.96. The lowest BCUT2D eigenvalue weighted by atomic mass is 10.2. The van der Waals surface area contributed by atoms with Crippen molar-refractivity contribution in [1.82, 2.24) is 9.78 Å². The number of ether oxygens (including phenoxy) is 1. The highest BCUT2D eigenvalue weighted by Gasteiger charge is 2.15. The Labute approximate surface area is 158 Å². The van der Waals surface area contributed by atoms with Crippen LogP contribution >= 0.6 is 27.5 Å². The monoisotopic (exact) mass is 419 g/mol. The molecule has 3 rings (SSSR count). The summed E-state index contributed by atoms with van der Waals surface area (Å²) >= 11 is 9.41. The number of hydrogen-bond acceptors (Lipinski definition) is 3. The van der Waals surface area contributed by atoms with Gasteiger partial charge in [0.1, 0.15) is 11.6 Å². The number of benzene rings is 2. The van der Waals surface area contributed by atoms with Gasteiger partial charge in [0.15, 0.2) is 0 Å². The van der Waals surface area contributed by atoms with Crippen molar-refractivity contribution in [2.45, 2.75) is 6.54 Å². The van der Waals surface area contributed by atoms with E-state index in [0.29, 0.717) is 28.7 Å². The molecule has 0 spiro atoms. The molecule has 0 aliphatic carbocycles. The Bertz CT molecular complexity index is 894. The van der Waals surface area contributed by atoms with Crippen LogP contribution in [-0.4, -0.2) is 22.8 Å². The third-order valence-electron chi connectivity index (χ3n) is 3.61. The molecule has 1 amide bonds. The van der Waals surface area contributed by atoms with Gasteiger partial charge < -0.3 is 10.1 Å². The van der Waals surface area contributed by atoms with Crippen molar-refractivity contribution in [2.75, 3.05) is 12.4 Å². The summed E-state index contributed by atoms with van der Waals surface area (Å²) in [5.41, 5.74) is 1.44. The number of carbonyl (C=O) groups excluding carboxylic acids is 1. The smallest absolute Gasteiger partial charge is 0.260 e. The lowest BCUT2D eigenvalue weighted by Gasteiger charge is -2.11. The van der Waals surface area contributed by atoms with E-state index in [0.717, 1.165) is 10.0 Å². The topological polar surface area (TPSA) is 56.1 Å². The van der Waals surface area contributed by atoms with Crippen LogP contribution in [-0.2, 0) is 6.54 Å². The maximum atomic E-state index is 12.6. The van der Waals surface area contributed by atoms with Gasteiger partial charge in [-0.05, 0) is 35.9 Å². The molecule has 0 aliphatic heterocycles. The Kier molecular flexibility index (Phi) is 5.40. The average molecular weight is 421 g/mol. The fraction of sp³-hybridized carbons (Fsp3) is 0.111. The first-order valence-electron chi connectivity index (χ1n) is 7.48. The first-order valence-corrected chi connectivity index (χ1v) is 8.65. The number of carbonyl (C=O) groups is 1. The summed E-state index contributed by atoms with van der Waals surface area (Å²) in [5.74, 6) is 0.743. The number of methoxy groups -OCH3 is 1. The van der Waals surface area contributed by atoms with Crippen LogP contribution in [0.4, 0.5) is 5.82 Å². The SMILES string of the molecule is COc1ccc(Cl)cc1C(=O)Nc1ccnn1Cc1ccc(Br)cc1. The molecule has 0 fully saturated rings. The van der Waals surface area contributed by atoms with E-state index in [1.807, 2.05) is 24.3 Å². The first-order chi connectivity index (χ1) is 12.1. The summed E-state index contributed by atoms with van der Waals surface area (Å²) in [5, 5.41) is 7.59. The maximum absolute atomic E-state index is 12.6. The molecule has 1 N–H and O–H groups in total. The van der Waals surface area contributed by atoms with Crippen LogP contribution in [0, 0.1) is 0 Å². The predicted molar refractivity (Wildman–Crippen MR) is 101 cm³/mol. The third-order valence-corrected chi connectivity index (χ3v) is 4.37. The molecule has 128 valence electrons. The molecule has 0 radical (unpaired) electrons. The van der Waals surface area contributed by atoms with Crippen molar-refractivity contribution < 1.29 is 9.53 Å². The molecule has 0 atom stereocenters. The van der Waals surface area contributed by atoms with Gasteiger partial charge in [0, 0.05) is 15.6 Å². The van der Waals surface area contributed by atoms with E-state index in [2.05, 4.69) is 26.3 Å². The lowest BCUT2D eigenvalue weighted by molar-refractivity contribution is 0.102. The molecule has 2 aromatic carbocycles. The highest BCUT2D eigenvalue weighted by molar-refractivity contribution is 9.10. The van der Waals surface area contributed by atoms with E-state index in [1.54, 1.807) is 35.1 Å². The summed E-state index contributed by atoms with van der Waals surface area (Å²) in [6, 6.07) is 14.6. The van der Waals surface area contributed by atoms with Gasteiger partial charge in [-0.15, -0.1) is 0 Å². The second-order valence-corrected chi connectivity index (χ2v) is 6.65. The van der Waals surface area contributed by atoms with Crippen LogP contribution in [0.3, 0.4) is 0 Å². The number of hydrogen-bond donors (Lipinski definition) is 1. The van der Waals surface area contributed by atoms with Crippen LogP contribution in [0.1, 0.15) is 15.9 Å². The van der Waals surface area contributed by atoms with Gasteiger partial charge in [0.05, 0.1) is 25.4 Å². The minimum atomic E-state index is -0.308. The Morgan fingerprint density at radius 1 is 1.24 bits per heavy atom. The Morgan fingerprint density at radius 3 is 2.72 bits per heavy atom. The molecule has 7 heteroatoms. The van der Waals surface area contributed by atoms with Gasteiger partial charge in [-0.1, -0.05) is 39.7 Å². The molecule has 3 aromatic rings. The van der Waals surface area contributed by atoms with Gasteiger partial charge in [0.2, 0.25) is 0 Å². The summed E-state index contributed by atoms with van der Waals surface area (Å²) in [7, 11) is 1.51. The number of nitrogens with one attached hydrogen (secondary N) is 1. The standard InChI is InChI=1S/C18H15BrClN3O2/c1-25-16-7-6-14(20)10-15(16)18(24)22-17-8-9-21-23(17)11-12-2-4-13(19)5-3-12/h2-10H,11H2,1H3,(H,22,24). The molecule has 5 nitrogen and oxygen atoms in total. The largest absolute Gasteiger partial charge is 0.496 e. The number of nitrogens with zero attached hydrogens (tertiary/aromatic N) is 2. The van der Waals surface area contributed by atoms with Crippen LogP contribution in [0.15, 0.2) is 59.2 Å². The van der Waals surface area contributed by atoms with E-state index < -0.39 is 0 Å². The molecule has 25 heavy (non-hydrogen) atoms. The minimum Gasteiger partial charge on any atom is -0.496 e. The molecule has 1 heterocycles. The number of rotatable bonds is 5. The van der Waals surface area contributed by atoms with Gasteiger partial charge in [0.25, 0.3) is 5.91 Å². The van der Waals surface area contributed by atoms with Crippen molar-refractivity contribution in [3.63, 3.8) is 0 Å². The molecular weight excluding hydrogens is 406 g/mol. The van der Waals surface area contributed by atoms with Crippen LogP contribution in [0.25, 0.3) is 0 Å². The highest BCUT2D eigenvalue weighted by atomic mass is 79.9. The normalized spacial score (nSPS) is 10.5. The molecule has 0 unspecified atom stereocenters. The average Bonchev–Trinajstić information content (AvgIpc) is 3.03. The van der Waals surface area contributed by atoms with Crippen LogP contribution in [0.2, 0.25) is 5.02 Å². The van der Waals surface area contributed by atoms with E-state index in [1.165, 1.54) is 7.11 Å². The van der Waals surface area contributed by atoms with E-state index >= 15 is 0 Å². The predicted octanol–water partition coefficient (Wildman–Crippen LogP) is 4.61. The quantitative estimate of drug-likeness (QED) is 0.656. The lowest BCUT2D eigenvalue weighted by Crippen LogP contribution is -2.17. The Balaban J connectivity index is 1.80. The van der Waals surface area contributed by atoms with Crippen molar-refractivity contribution in [1.29, 1.82) is 0 Å². The van der Waals surface area contributed by atoms with Crippen molar-refractivity contribution in [3.8, 4) is 5.75 Å². The summed E-state index contributed by atoms with van der Waals surface area (Å²) in [4.78, 5) is 12.6. The zero-order chi connectivity index (χ0) is 17.8. The highest BCUT2D eigenvalue weighted by Crippen LogP contribution is 2.24. The molecule has 0 saturated carbocycles. The fourth-order valence-electron chi connectivity index (χ4n) is 2.37. The zero-order valence-electron chi connectivity index (χ0n) is 13.4. The van der Waals surface area contributed by atoms with Crippen molar-refractivity contribution in [2.24, 2.45) is 0 Å². The second-order valence-electron chi connectivity index (χ2n) is 5.30. The van der Waals surface area contributed by atoms with Crippen molar-refractivity contribution >= 4 is 39.3 Å². The summed E-state index contributed by atoms with van der Waals surface area (Å²) in [6.07, 6.45) is 1.64. The number of halogens is 2. The molecule has 0 bridgehead atoms. The molecule has 0 aliphatic rings. The first kappa shape index (κ1) is 17.5.